The molecule has 4 aromatic rings. The summed E-state index contributed by atoms with van der Waals surface area (Å²) in [7, 11) is 1.85. The van der Waals surface area contributed by atoms with Crippen molar-refractivity contribution in [1.82, 2.24) is 19.9 Å². The Morgan fingerprint density at radius 3 is 2.60 bits per heavy atom. The summed E-state index contributed by atoms with van der Waals surface area (Å²) < 4.78 is 22.4. The first-order valence-corrected chi connectivity index (χ1v) is 14.3. The number of aryl methyl sites for hydroxylation is 3. The molecule has 1 aromatic heterocycles. The average Bonchev–Trinajstić information content (AvgIpc) is 3.23. The van der Waals surface area contributed by atoms with E-state index in [0.29, 0.717) is 25.4 Å². The van der Waals surface area contributed by atoms with Crippen molar-refractivity contribution in [2.45, 2.75) is 66.2 Å². The Hall–Kier alpha value is -4.31. The van der Waals surface area contributed by atoms with Gasteiger partial charge in [-0.2, -0.15) is 0 Å². The number of halogens is 1. The average molecular weight is 591 g/mol. The van der Waals surface area contributed by atoms with Gasteiger partial charge in [-0.05, 0) is 74.1 Å². The minimum absolute atomic E-state index is 0.123. The first kappa shape index (κ1) is 31.6. The van der Waals surface area contributed by atoms with Crippen molar-refractivity contribution < 1.29 is 28.9 Å². The number of fused-ring (bicyclic) bond motifs is 2. The van der Waals surface area contributed by atoms with Crippen LogP contribution in [-0.2, 0) is 29.7 Å². The highest BCUT2D eigenvalue weighted by Crippen LogP contribution is 2.44. The van der Waals surface area contributed by atoms with E-state index in [9.17, 15) is 14.3 Å². The van der Waals surface area contributed by atoms with E-state index in [1.54, 1.807) is 24.6 Å². The number of rotatable bonds is 7. The van der Waals surface area contributed by atoms with E-state index in [1.165, 1.54) is 6.07 Å². The van der Waals surface area contributed by atoms with E-state index in [-0.39, 0.29) is 18.4 Å². The number of aromatic nitrogens is 3. The molecule has 1 aliphatic rings. The third kappa shape index (κ3) is 6.39. The van der Waals surface area contributed by atoms with Crippen molar-refractivity contribution in [2.24, 2.45) is 12.5 Å². The fourth-order valence-corrected chi connectivity index (χ4v) is 5.89. The predicted octanol–water partition coefficient (Wildman–Crippen LogP) is 5.84. The molecule has 10 heteroatoms. The van der Waals surface area contributed by atoms with Gasteiger partial charge in [0.05, 0.1) is 10.9 Å². The third-order valence-corrected chi connectivity index (χ3v) is 8.41. The van der Waals surface area contributed by atoms with Gasteiger partial charge in [0.2, 0.25) is 0 Å². The number of nitrogens with zero attached hydrogens (tertiary/aromatic N) is 4. The summed E-state index contributed by atoms with van der Waals surface area (Å²) >= 11 is 0. The summed E-state index contributed by atoms with van der Waals surface area (Å²) in [6, 6.07) is 15.3. The maximum absolute atomic E-state index is 14.6. The molecule has 1 aliphatic heterocycles. The third-order valence-electron chi connectivity index (χ3n) is 8.41. The van der Waals surface area contributed by atoms with Crippen LogP contribution in [0.2, 0.25) is 0 Å². The maximum Gasteiger partial charge on any atom is 0.310 e. The zero-order chi connectivity index (χ0) is 31.5. The zero-order valence-corrected chi connectivity index (χ0v) is 25.5. The molecular weight excluding hydrogens is 551 g/mol. The van der Waals surface area contributed by atoms with Gasteiger partial charge in [0.15, 0.2) is 11.6 Å². The topological polar surface area (TPSA) is 118 Å². The van der Waals surface area contributed by atoms with Crippen LogP contribution in [0.4, 0.5) is 4.39 Å². The van der Waals surface area contributed by atoms with E-state index in [4.69, 9.17) is 14.6 Å². The molecule has 0 aliphatic carbocycles. The van der Waals surface area contributed by atoms with Crippen LogP contribution < -0.4 is 4.74 Å². The largest absolute Gasteiger partial charge is 0.486 e. The summed E-state index contributed by atoms with van der Waals surface area (Å²) in [4.78, 5) is 23.3. The minimum atomic E-state index is -1.09. The van der Waals surface area contributed by atoms with Crippen LogP contribution in [0.1, 0.15) is 66.5 Å². The lowest BCUT2D eigenvalue weighted by atomic mass is 9.69. The SMILES string of the molecule is CC[C@@H]1CN(Cc2cc(C(c3ccc4c(nnn4C)c3C)C(C)(C)C(=O)O)ccc2C)Cc2cccc(F)c2O1.O=CO. The molecule has 0 saturated heterocycles. The van der Waals surface area contributed by atoms with Crippen molar-refractivity contribution in [1.29, 1.82) is 0 Å². The maximum atomic E-state index is 14.6. The van der Waals surface area contributed by atoms with E-state index < -0.39 is 17.3 Å². The lowest BCUT2D eigenvalue weighted by Gasteiger charge is -2.33. The number of hydrogen-bond donors (Lipinski definition) is 2. The van der Waals surface area contributed by atoms with Crippen LogP contribution in [0.5, 0.6) is 5.75 Å². The lowest BCUT2D eigenvalue weighted by molar-refractivity contribution is -0.147. The van der Waals surface area contributed by atoms with Gasteiger partial charge in [-0.25, -0.2) is 9.07 Å². The van der Waals surface area contributed by atoms with Crippen molar-refractivity contribution >= 4 is 23.5 Å². The van der Waals surface area contributed by atoms with Crippen LogP contribution in [0.3, 0.4) is 0 Å². The Kier molecular flexibility index (Phi) is 9.49. The molecule has 0 saturated carbocycles. The van der Waals surface area contributed by atoms with Crippen molar-refractivity contribution in [3.63, 3.8) is 0 Å². The molecule has 5 rings (SSSR count). The highest BCUT2D eigenvalue weighted by atomic mass is 19.1. The number of hydrogen-bond acceptors (Lipinski definition) is 6. The molecule has 3 aromatic carbocycles. The van der Waals surface area contributed by atoms with Crippen LogP contribution in [-0.4, -0.2) is 55.2 Å². The van der Waals surface area contributed by atoms with Crippen LogP contribution in [0.25, 0.3) is 11.0 Å². The molecule has 43 heavy (non-hydrogen) atoms. The molecule has 0 spiro atoms. The van der Waals surface area contributed by atoms with Crippen molar-refractivity contribution in [3.05, 3.63) is 87.7 Å². The smallest absolute Gasteiger partial charge is 0.310 e. The predicted molar refractivity (Wildman–Crippen MR) is 162 cm³/mol. The van der Waals surface area contributed by atoms with Gasteiger partial charge in [0.25, 0.3) is 6.47 Å². The number of aliphatic carboxylic acids is 1. The molecule has 2 N–H and O–H groups in total. The summed E-state index contributed by atoms with van der Waals surface area (Å²) in [5.41, 5.74) is 6.45. The zero-order valence-electron chi connectivity index (χ0n) is 25.5. The van der Waals surface area contributed by atoms with Crippen molar-refractivity contribution in [3.8, 4) is 5.75 Å². The number of benzene rings is 3. The first-order valence-electron chi connectivity index (χ1n) is 14.3. The summed E-state index contributed by atoms with van der Waals surface area (Å²) in [6.45, 7) is 11.3. The highest BCUT2D eigenvalue weighted by molar-refractivity contribution is 5.81. The monoisotopic (exact) mass is 590 g/mol. The van der Waals surface area contributed by atoms with Gasteiger partial charge in [-0.15, -0.1) is 5.10 Å². The molecule has 0 bridgehead atoms. The molecule has 228 valence electrons. The van der Waals surface area contributed by atoms with Crippen molar-refractivity contribution in [2.75, 3.05) is 6.54 Å². The van der Waals surface area contributed by atoms with Gasteiger partial charge in [-0.3, -0.25) is 14.5 Å². The van der Waals surface area contributed by atoms with Gasteiger partial charge < -0.3 is 14.9 Å². The second-order valence-corrected chi connectivity index (χ2v) is 11.7. The number of carbonyl (C=O) groups is 2. The first-order chi connectivity index (χ1) is 20.4. The highest BCUT2D eigenvalue weighted by Gasteiger charge is 2.40. The standard InChI is InChI=1S/C32H37FN4O3.CH2O2/c1-7-24-18-37(16-22-9-8-10-26(33)30(22)40-24)17-23-15-21(12-11-19(23)2)28(32(4,5)31(38)39)25-13-14-27-29(20(25)3)34-35-36(27)6;2-1-3/h8-15,24,28H,7,16-18H2,1-6H3,(H,38,39);1H,(H,2,3)/t24-,28?;/m1./s1. The summed E-state index contributed by atoms with van der Waals surface area (Å²) in [5, 5.41) is 25.8. The van der Waals surface area contributed by atoms with E-state index in [2.05, 4.69) is 41.2 Å². The fourth-order valence-electron chi connectivity index (χ4n) is 5.89. The molecule has 0 fully saturated rings. The quantitative estimate of drug-likeness (QED) is 0.258. The van der Waals surface area contributed by atoms with E-state index in [0.717, 1.165) is 50.8 Å². The van der Waals surface area contributed by atoms with E-state index in [1.807, 2.05) is 38.2 Å². The second-order valence-electron chi connectivity index (χ2n) is 11.7. The molecule has 2 atom stereocenters. The molecule has 0 radical (unpaired) electrons. The Bertz CT molecular complexity index is 1630. The molecule has 2 heterocycles. The fraction of sp³-hybridized carbons (Fsp3) is 0.394. The van der Waals surface area contributed by atoms with Gasteiger partial charge in [0, 0.05) is 38.2 Å². The Morgan fingerprint density at radius 2 is 1.93 bits per heavy atom. The van der Waals surface area contributed by atoms with Crippen LogP contribution >= 0.6 is 0 Å². The van der Waals surface area contributed by atoms with E-state index >= 15 is 0 Å². The number of carboxylic acids is 1. The normalized spacial score (nSPS) is 15.9. The number of ether oxygens (including phenoxy) is 1. The molecule has 0 amide bonds. The summed E-state index contributed by atoms with van der Waals surface area (Å²) in [6.07, 6.45) is 0.643. The van der Waals surface area contributed by atoms with Crippen LogP contribution in [0.15, 0.2) is 48.5 Å². The molecule has 1 unspecified atom stereocenters. The molecular formula is C33H39FN4O5. The molecule has 9 nitrogen and oxygen atoms in total. The van der Waals surface area contributed by atoms with Gasteiger partial charge in [0.1, 0.15) is 11.6 Å². The van der Waals surface area contributed by atoms with Gasteiger partial charge >= 0.3 is 5.97 Å². The minimum Gasteiger partial charge on any atom is -0.486 e. The van der Waals surface area contributed by atoms with Gasteiger partial charge in [-0.1, -0.05) is 48.5 Å². The Balaban J connectivity index is 0.00000135. The number of para-hydroxylation sites is 1. The Labute approximate surface area is 250 Å². The van der Waals surface area contributed by atoms with Crippen LogP contribution in [0, 0.1) is 25.1 Å². The lowest BCUT2D eigenvalue weighted by Crippen LogP contribution is -2.33. The number of carboxylic acid groups (broad SMARTS) is 2. The summed E-state index contributed by atoms with van der Waals surface area (Å²) in [5.74, 6) is -1.26. The second kappa shape index (κ2) is 12.9. The Morgan fingerprint density at radius 1 is 1.21 bits per heavy atom.